The van der Waals surface area contributed by atoms with Crippen LogP contribution in [-0.2, 0) is 11.2 Å². The zero-order valence-corrected chi connectivity index (χ0v) is 15.6. The third-order valence-corrected chi connectivity index (χ3v) is 4.97. The van der Waals surface area contributed by atoms with Crippen LogP contribution >= 0.6 is 11.6 Å². The first-order valence-electron chi connectivity index (χ1n) is 8.16. The summed E-state index contributed by atoms with van der Waals surface area (Å²) in [6.07, 6.45) is 1.54. The van der Waals surface area contributed by atoms with Crippen LogP contribution in [0.1, 0.15) is 29.5 Å². The lowest BCUT2D eigenvalue weighted by molar-refractivity contribution is -0.122. The maximum absolute atomic E-state index is 12.5. The number of piperidine rings is 1. The van der Waals surface area contributed by atoms with E-state index in [-0.39, 0.29) is 12.3 Å². The molecule has 2 rings (SSSR count). The number of hydrazine groups is 1. The number of halogens is 1. The van der Waals surface area contributed by atoms with Crippen molar-refractivity contribution < 1.29 is 4.79 Å². The smallest absolute Gasteiger partial charge is 0.225 e. The Balaban J connectivity index is 2.05. The summed E-state index contributed by atoms with van der Waals surface area (Å²) in [4.78, 5) is 12.5. The Labute approximate surface area is 149 Å². The number of rotatable bonds is 4. The minimum atomic E-state index is -0.766. The molecule has 1 saturated heterocycles. The minimum absolute atomic E-state index is 0.108. The number of benzene rings is 1. The van der Waals surface area contributed by atoms with Crippen LogP contribution in [0.3, 0.4) is 0 Å². The van der Waals surface area contributed by atoms with Crippen LogP contribution in [0.25, 0.3) is 0 Å². The zero-order chi connectivity index (χ0) is 17.9. The summed E-state index contributed by atoms with van der Waals surface area (Å²) >= 11 is 6.05. The van der Waals surface area contributed by atoms with Gasteiger partial charge in [0.2, 0.25) is 5.91 Å². The van der Waals surface area contributed by atoms with Crippen LogP contribution in [0.4, 0.5) is 0 Å². The lowest BCUT2D eigenvalue weighted by atomic mass is 9.89. The molecule has 0 spiro atoms. The normalized spacial score (nSPS) is 17.5. The predicted octanol–water partition coefficient (Wildman–Crippen LogP) is 2.45. The molecule has 1 aromatic carbocycles. The van der Waals surface area contributed by atoms with Gasteiger partial charge in [0.1, 0.15) is 5.54 Å². The molecule has 0 saturated carbocycles. The first-order chi connectivity index (χ1) is 11.3. The Morgan fingerprint density at radius 1 is 1.33 bits per heavy atom. The van der Waals surface area contributed by atoms with Crippen molar-refractivity contribution in [2.75, 3.05) is 27.2 Å². The van der Waals surface area contributed by atoms with Crippen molar-refractivity contribution in [3.05, 3.63) is 33.8 Å². The molecule has 0 radical (unpaired) electrons. The number of hydrogen-bond donors (Lipinski definition) is 1. The van der Waals surface area contributed by atoms with Crippen LogP contribution < -0.4 is 5.32 Å². The van der Waals surface area contributed by atoms with Crippen LogP contribution in [0.2, 0.25) is 5.02 Å². The second-order valence-corrected chi connectivity index (χ2v) is 7.17. The summed E-state index contributed by atoms with van der Waals surface area (Å²) in [7, 11) is 3.98. The average molecular weight is 349 g/mol. The summed E-state index contributed by atoms with van der Waals surface area (Å²) in [5.41, 5.74) is 2.22. The van der Waals surface area contributed by atoms with Gasteiger partial charge in [0.05, 0.1) is 12.5 Å². The Hall–Kier alpha value is -1.61. The highest BCUT2D eigenvalue weighted by atomic mass is 35.5. The van der Waals surface area contributed by atoms with Gasteiger partial charge in [-0.1, -0.05) is 11.6 Å². The molecule has 0 bridgehead atoms. The van der Waals surface area contributed by atoms with Crippen LogP contribution in [0.15, 0.2) is 12.1 Å². The number of amides is 1. The average Bonchev–Trinajstić information content (AvgIpc) is 2.51. The molecule has 5 nitrogen and oxygen atoms in total. The first-order valence-corrected chi connectivity index (χ1v) is 8.54. The summed E-state index contributed by atoms with van der Waals surface area (Å²) in [6.45, 7) is 5.44. The van der Waals surface area contributed by atoms with Gasteiger partial charge in [0.25, 0.3) is 0 Å². The zero-order valence-electron chi connectivity index (χ0n) is 14.8. The molecule has 0 aliphatic carbocycles. The van der Waals surface area contributed by atoms with Crippen molar-refractivity contribution >= 4 is 17.5 Å². The molecule has 1 aliphatic rings. The van der Waals surface area contributed by atoms with E-state index in [1.807, 2.05) is 45.1 Å². The number of carbonyl (C=O) groups is 1. The van der Waals surface area contributed by atoms with Crippen LogP contribution in [0, 0.1) is 25.2 Å². The summed E-state index contributed by atoms with van der Waals surface area (Å²) < 4.78 is 0. The van der Waals surface area contributed by atoms with Gasteiger partial charge in [-0.15, -0.1) is 0 Å². The van der Waals surface area contributed by atoms with Gasteiger partial charge in [0, 0.05) is 32.2 Å². The minimum Gasteiger partial charge on any atom is -0.337 e. The van der Waals surface area contributed by atoms with E-state index in [1.54, 1.807) is 0 Å². The molecule has 1 aromatic rings. The van der Waals surface area contributed by atoms with Gasteiger partial charge in [-0.25, -0.2) is 10.0 Å². The molecule has 0 aromatic heterocycles. The Kier molecular flexibility index (Phi) is 5.87. The highest BCUT2D eigenvalue weighted by Gasteiger charge is 2.36. The third-order valence-electron chi connectivity index (χ3n) is 4.75. The van der Waals surface area contributed by atoms with Gasteiger partial charge in [0.15, 0.2) is 0 Å². The number of nitriles is 1. The Bertz CT molecular complexity index is 634. The van der Waals surface area contributed by atoms with Crippen molar-refractivity contribution in [1.82, 2.24) is 15.3 Å². The molecular formula is C18H25ClN4O. The van der Waals surface area contributed by atoms with E-state index in [9.17, 15) is 10.1 Å². The van der Waals surface area contributed by atoms with Gasteiger partial charge in [-0.05, 0) is 55.5 Å². The van der Waals surface area contributed by atoms with Crippen LogP contribution in [0.5, 0.6) is 0 Å². The quantitative estimate of drug-likeness (QED) is 0.908. The van der Waals surface area contributed by atoms with Crippen molar-refractivity contribution in [3.8, 4) is 6.07 Å². The number of hydrogen-bond acceptors (Lipinski definition) is 4. The Morgan fingerprint density at radius 3 is 2.33 bits per heavy atom. The van der Waals surface area contributed by atoms with Crippen LogP contribution in [-0.4, -0.2) is 48.6 Å². The molecule has 1 fully saturated rings. The number of nitrogens with zero attached hydrogens (tertiary/aromatic N) is 3. The topological polar surface area (TPSA) is 59.4 Å². The molecule has 130 valence electrons. The van der Waals surface area contributed by atoms with Gasteiger partial charge in [-0.2, -0.15) is 5.26 Å². The number of aryl methyl sites for hydroxylation is 2. The molecule has 0 atom stereocenters. The van der Waals surface area contributed by atoms with Crippen molar-refractivity contribution in [1.29, 1.82) is 5.26 Å². The van der Waals surface area contributed by atoms with Crippen molar-refractivity contribution in [2.24, 2.45) is 0 Å². The lowest BCUT2D eigenvalue weighted by Crippen LogP contribution is -2.56. The molecule has 0 unspecified atom stereocenters. The van der Waals surface area contributed by atoms with Crippen molar-refractivity contribution in [3.63, 3.8) is 0 Å². The largest absolute Gasteiger partial charge is 0.337 e. The monoisotopic (exact) mass is 348 g/mol. The fraction of sp³-hybridized carbons (Fsp3) is 0.556. The Morgan fingerprint density at radius 2 is 1.88 bits per heavy atom. The summed E-state index contributed by atoms with van der Waals surface area (Å²) in [6, 6.07) is 6.07. The third kappa shape index (κ3) is 4.27. The van der Waals surface area contributed by atoms with Gasteiger partial charge < -0.3 is 5.32 Å². The molecule has 1 N–H and O–H groups in total. The second kappa shape index (κ2) is 7.52. The van der Waals surface area contributed by atoms with Gasteiger partial charge in [-0.3, -0.25) is 4.79 Å². The van der Waals surface area contributed by atoms with E-state index in [0.29, 0.717) is 17.9 Å². The molecule has 6 heteroatoms. The van der Waals surface area contributed by atoms with E-state index in [4.69, 9.17) is 11.6 Å². The fourth-order valence-electron chi connectivity index (χ4n) is 3.23. The molecule has 24 heavy (non-hydrogen) atoms. The number of carbonyl (C=O) groups excluding carboxylic acids is 1. The predicted molar refractivity (Wildman–Crippen MR) is 95.6 cm³/mol. The van der Waals surface area contributed by atoms with E-state index in [2.05, 4.69) is 16.4 Å². The van der Waals surface area contributed by atoms with Gasteiger partial charge >= 0.3 is 0 Å². The van der Waals surface area contributed by atoms with Crippen molar-refractivity contribution in [2.45, 2.75) is 38.6 Å². The second-order valence-electron chi connectivity index (χ2n) is 6.74. The standard InChI is InChI=1S/C18H25ClN4O/c1-13-9-15(19)10-14(2)16(13)11-17(24)21-18(12-20)5-7-23(8-6-18)22(3)4/h9-10H,5-8,11H2,1-4H3,(H,21,24). The number of nitrogens with one attached hydrogen (secondary N) is 1. The lowest BCUT2D eigenvalue weighted by Gasteiger charge is -2.40. The fourth-order valence-corrected chi connectivity index (χ4v) is 3.56. The van der Waals surface area contributed by atoms with E-state index < -0.39 is 5.54 Å². The van der Waals surface area contributed by atoms with E-state index >= 15 is 0 Å². The summed E-state index contributed by atoms with van der Waals surface area (Å²) in [5, 5.41) is 17.5. The summed E-state index contributed by atoms with van der Waals surface area (Å²) in [5.74, 6) is -0.108. The molecule has 1 aliphatic heterocycles. The molecule has 1 heterocycles. The highest BCUT2D eigenvalue weighted by Crippen LogP contribution is 2.24. The van der Waals surface area contributed by atoms with E-state index in [1.165, 1.54) is 0 Å². The van der Waals surface area contributed by atoms with E-state index in [0.717, 1.165) is 29.8 Å². The highest BCUT2D eigenvalue weighted by molar-refractivity contribution is 6.30. The maximum Gasteiger partial charge on any atom is 0.225 e. The molecule has 1 amide bonds. The SMILES string of the molecule is Cc1cc(Cl)cc(C)c1CC(=O)NC1(C#N)CCN(N(C)C)CC1. The molecular weight excluding hydrogens is 324 g/mol. The maximum atomic E-state index is 12.5. The first kappa shape index (κ1) is 18.7.